The van der Waals surface area contributed by atoms with Gasteiger partial charge in [0, 0.05) is 11.3 Å². The lowest BCUT2D eigenvalue weighted by atomic mass is 10.0. The zero-order valence-electron chi connectivity index (χ0n) is 9.99. The number of ether oxygens (including phenoxy) is 2. The Kier molecular flexibility index (Phi) is 3.06. The monoisotopic (exact) mass is 299 g/mol. The lowest BCUT2D eigenvalue weighted by Crippen LogP contribution is -2.21. The van der Waals surface area contributed by atoms with E-state index in [0.717, 1.165) is 12.0 Å². The van der Waals surface area contributed by atoms with E-state index in [-0.39, 0.29) is 0 Å². The van der Waals surface area contributed by atoms with Gasteiger partial charge in [0.1, 0.15) is 5.75 Å². The van der Waals surface area contributed by atoms with Gasteiger partial charge in [-0.05, 0) is 17.9 Å². The topological polar surface area (TPSA) is 64.6 Å². The summed E-state index contributed by atoms with van der Waals surface area (Å²) in [5, 5.41) is 2.66. The van der Waals surface area contributed by atoms with Crippen LogP contribution < -0.4 is 10.1 Å². The average molecular weight is 300 g/mol. The number of carbonyl (C=O) groups excluding carboxylic acids is 2. The summed E-state index contributed by atoms with van der Waals surface area (Å²) >= 11 is 7.62. The molecule has 1 fully saturated rings. The summed E-state index contributed by atoms with van der Waals surface area (Å²) < 4.78 is 10.6. The van der Waals surface area contributed by atoms with Crippen LogP contribution in [-0.2, 0) is 16.0 Å². The summed E-state index contributed by atoms with van der Waals surface area (Å²) in [7, 11) is 0. The first-order valence-electron chi connectivity index (χ1n) is 5.65. The summed E-state index contributed by atoms with van der Waals surface area (Å²) in [5.74, 6) is 0.129. The molecule has 5 nitrogen and oxygen atoms in total. The summed E-state index contributed by atoms with van der Waals surface area (Å²) in [4.78, 5) is 23.7. The molecule has 0 bridgehead atoms. The summed E-state index contributed by atoms with van der Waals surface area (Å²) in [6, 6.07) is 1.84. The Morgan fingerprint density at radius 3 is 2.89 bits per heavy atom. The number of hydrogen-bond acceptors (Lipinski definition) is 5. The molecule has 0 aliphatic carbocycles. The number of carbonyl (C=O) groups is 2. The molecule has 0 aromatic heterocycles. The van der Waals surface area contributed by atoms with E-state index in [4.69, 9.17) is 21.1 Å². The van der Waals surface area contributed by atoms with Crippen LogP contribution in [0.25, 0.3) is 0 Å². The van der Waals surface area contributed by atoms with Crippen LogP contribution in [0.15, 0.2) is 11.0 Å². The van der Waals surface area contributed by atoms with Crippen molar-refractivity contribution in [1.29, 1.82) is 0 Å². The molecule has 7 heteroatoms. The fourth-order valence-corrected chi connectivity index (χ4v) is 3.44. The molecule has 19 heavy (non-hydrogen) atoms. The minimum absolute atomic E-state index is 0.486. The van der Waals surface area contributed by atoms with Gasteiger partial charge in [-0.3, -0.25) is 10.1 Å². The molecule has 1 N–H and O–H groups in total. The smallest absolute Gasteiger partial charge is 0.415 e. The Balaban J connectivity index is 2.19. The fourth-order valence-electron chi connectivity index (χ4n) is 2.30. The van der Waals surface area contributed by atoms with Crippen molar-refractivity contribution in [3.05, 3.63) is 22.2 Å². The lowest BCUT2D eigenvalue weighted by molar-refractivity contribution is -0.123. The highest BCUT2D eigenvalue weighted by Crippen LogP contribution is 2.45. The third-order valence-corrected chi connectivity index (χ3v) is 4.33. The standard InChI is InChI=1S/C12H10ClNO4S/c1-19-10-6(13)4-5-2-3-17-8(5)7(10)9-11(15)14-12(16)18-9/h4,9H,2-3H2,1H3,(H,14,15,16). The number of rotatable bonds is 2. The Bertz CT molecular complexity index is 586. The molecule has 1 atom stereocenters. The zero-order chi connectivity index (χ0) is 13.6. The van der Waals surface area contributed by atoms with Crippen LogP contribution in [0, 0.1) is 0 Å². The molecule has 1 unspecified atom stereocenters. The number of imide groups is 1. The van der Waals surface area contributed by atoms with Gasteiger partial charge >= 0.3 is 6.09 Å². The van der Waals surface area contributed by atoms with Crippen LogP contribution in [0.4, 0.5) is 4.79 Å². The molecule has 2 aliphatic rings. The number of hydrogen-bond donors (Lipinski definition) is 1. The van der Waals surface area contributed by atoms with E-state index in [2.05, 4.69) is 5.32 Å². The zero-order valence-corrected chi connectivity index (χ0v) is 11.6. The quantitative estimate of drug-likeness (QED) is 0.849. The van der Waals surface area contributed by atoms with Crippen LogP contribution in [0.2, 0.25) is 5.02 Å². The number of alkyl carbamates (subject to hydrolysis) is 1. The molecule has 1 aromatic carbocycles. The minimum Gasteiger partial charge on any atom is -0.492 e. The van der Waals surface area contributed by atoms with E-state index in [1.54, 1.807) is 0 Å². The molecule has 1 saturated heterocycles. The largest absolute Gasteiger partial charge is 0.492 e. The molecular formula is C12H10ClNO4S. The molecule has 0 spiro atoms. The molecule has 100 valence electrons. The van der Waals surface area contributed by atoms with Gasteiger partial charge in [0.05, 0.1) is 17.2 Å². The van der Waals surface area contributed by atoms with Crippen LogP contribution in [-0.4, -0.2) is 24.9 Å². The number of benzene rings is 1. The molecule has 2 amide bonds. The van der Waals surface area contributed by atoms with Gasteiger partial charge in [-0.15, -0.1) is 11.8 Å². The predicted molar refractivity (Wildman–Crippen MR) is 69.8 cm³/mol. The van der Waals surface area contributed by atoms with Crippen molar-refractivity contribution in [1.82, 2.24) is 5.32 Å². The third kappa shape index (κ3) is 1.95. The second-order valence-electron chi connectivity index (χ2n) is 4.17. The summed E-state index contributed by atoms with van der Waals surface area (Å²) in [6.07, 6.45) is 0.856. The third-order valence-electron chi connectivity index (χ3n) is 3.07. The van der Waals surface area contributed by atoms with E-state index in [1.165, 1.54) is 11.8 Å². The normalized spacial score (nSPS) is 20.8. The van der Waals surface area contributed by atoms with Crippen LogP contribution in [0.3, 0.4) is 0 Å². The van der Waals surface area contributed by atoms with Gasteiger partial charge in [-0.1, -0.05) is 11.6 Å². The van der Waals surface area contributed by atoms with E-state index >= 15 is 0 Å². The molecule has 3 rings (SSSR count). The predicted octanol–water partition coefficient (Wildman–Crippen LogP) is 2.30. The SMILES string of the molecule is CSc1c(Cl)cc2c(c1C1OC(=O)NC1=O)OCC2. The number of cyclic esters (lactones) is 1. The highest BCUT2D eigenvalue weighted by atomic mass is 35.5. The van der Waals surface area contributed by atoms with E-state index in [0.29, 0.717) is 27.8 Å². The van der Waals surface area contributed by atoms with Crippen LogP contribution in [0.1, 0.15) is 17.2 Å². The van der Waals surface area contributed by atoms with Crippen LogP contribution >= 0.6 is 23.4 Å². The maximum Gasteiger partial charge on any atom is 0.415 e. The van der Waals surface area contributed by atoms with Gasteiger partial charge in [-0.2, -0.15) is 0 Å². The Morgan fingerprint density at radius 2 is 2.26 bits per heavy atom. The molecule has 2 heterocycles. The van der Waals surface area contributed by atoms with Crippen molar-refractivity contribution in [3.8, 4) is 5.75 Å². The Labute approximate surface area is 118 Å². The van der Waals surface area contributed by atoms with Crippen molar-refractivity contribution in [2.75, 3.05) is 12.9 Å². The number of thioether (sulfide) groups is 1. The van der Waals surface area contributed by atoms with Crippen molar-refractivity contribution >= 4 is 35.4 Å². The second-order valence-corrected chi connectivity index (χ2v) is 5.39. The van der Waals surface area contributed by atoms with Crippen LogP contribution in [0.5, 0.6) is 5.75 Å². The van der Waals surface area contributed by atoms with E-state index in [9.17, 15) is 9.59 Å². The highest BCUT2D eigenvalue weighted by Gasteiger charge is 2.39. The molecule has 2 aliphatic heterocycles. The first-order valence-corrected chi connectivity index (χ1v) is 7.25. The lowest BCUT2D eigenvalue weighted by Gasteiger charge is -2.16. The number of fused-ring (bicyclic) bond motifs is 1. The van der Waals surface area contributed by atoms with Gasteiger partial charge in [-0.25, -0.2) is 4.79 Å². The summed E-state index contributed by atoms with van der Waals surface area (Å²) in [5.41, 5.74) is 1.49. The van der Waals surface area contributed by atoms with Crippen molar-refractivity contribution in [3.63, 3.8) is 0 Å². The van der Waals surface area contributed by atoms with Gasteiger partial charge < -0.3 is 9.47 Å². The Hall–Kier alpha value is -1.40. The highest BCUT2D eigenvalue weighted by molar-refractivity contribution is 7.98. The number of amides is 2. The first kappa shape index (κ1) is 12.6. The average Bonchev–Trinajstić information content (AvgIpc) is 2.93. The maximum atomic E-state index is 11.8. The fraction of sp³-hybridized carbons (Fsp3) is 0.333. The molecule has 0 saturated carbocycles. The van der Waals surface area contributed by atoms with Crippen molar-refractivity contribution in [2.45, 2.75) is 17.4 Å². The van der Waals surface area contributed by atoms with Gasteiger partial charge in [0.15, 0.2) is 0 Å². The molecule has 0 radical (unpaired) electrons. The van der Waals surface area contributed by atoms with Gasteiger partial charge in [0.2, 0.25) is 6.10 Å². The van der Waals surface area contributed by atoms with Gasteiger partial charge in [0.25, 0.3) is 5.91 Å². The first-order chi connectivity index (χ1) is 9.11. The Morgan fingerprint density at radius 1 is 1.47 bits per heavy atom. The van der Waals surface area contributed by atoms with E-state index in [1.807, 2.05) is 12.3 Å². The minimum atomic E-state index is -0.986. The summed E-state index contributed by atoms with van der Waals surface area (Å²) in [6.45, 7) is 0.540. The van der Waals surface area contributed by atoms with Crippen molar-refractivity contribution < 1.29 is 19.1 Å². The van der Waals surface area contributed by atoms with Crippen molar-refractivity contribution in [2.24, 2.45) is 0 Å². The molecule has 1 aromatic rings. The maximum absolute atomic E-state index is 11.8. The second kappa shape index (κ2) is 4.61. The number of nitrogens with one attached hydrogen (secondary N) is 1. The molecular weight excluding hydrogens is 290 g/mol. The number of halogens is 1. The van der Waals surface area contributed by atoms with E-state index < -0.39 is 18.1 Å².